The SMILES string of the molecule is CCOC(=O)[C@@H]1C[C@H]2C[C@@H](CCS(=O)(=O)O)CC[C@H]2CN1C(=O)OC. The van der Waals surface area contributed by atoms with Crippen molar-refractivity contribution in [3.05, 3.63) is 0 Å². The van der Waals surface area contributed by atoms with Gasteiger partial charge in [0, 0.05) is 6.54 Å². The zero-order chi connectivity index (χ0) is 18.6. The second-order valence-electron chi connectivity index (χ2n) is 6.90. The van der Waals surface area contributed by atoms with Crippen molar-refractivity contribution in [3.8, 4) is 0 Å². The Morgan fingerprint density at radius 1 is 1.20 bits per heavy atom. The summed E-state index contributed by atoms with van der Waals surface area (Å²) < 4.78 is 40.8. The van der Waals surface area contributed by atoms with Gasteiger partial charge < -0.3 is 9.47 Å². The monoisotopic (exact) mass is 377 g/mol. The normalized spacial score (nSPS) is 29.6. The van der Waals surface area contributed by atoms with Crippen LogP contribution in [0.3, 0.4) is 0 Å². The molecule has 9 heteroatoms. The minimum atomic E-state index is -3.95. The fourth-order valence-corrected chi connectivity index (χ4v) is 4.74. The van der Waals surface area contributed by atoms with Crippen LogP contribution in [0.1, 0.15) is 39.0 Å². The third-order valence-electron chi connectivity index (χ3n) is 5.33. The van der Waals surface area contributed by atoms with E-state index >= 15 is 0 Å². The second kappa shape index (κ2) is 8.35. The van der Waals surface area contributed by atoms with E-state index in [0.717, 1.165) is 19.3 Å². The number of carbonyl (C=O) groups excluding carboxylic acids is 2. The first-order chi connectivity index (χ1) is 11.7. The van der Waals surface area contributed by atoms with Crippen LogP contribution in [0, 0.1) is 17.8 Å². The number of nitrogens with zero attached hydrogens (tertiary/aromatic N) is 1. The predicted molar refractivity (Wildman–Crippen MR) is 89.5 cm³/mol. The van der Waals surface area contributed by atoms with E-state index in [1.54, 1.807) is 6.92 Å². The molecule has 2 rings (SSSR count). The molecule has 0 aromatic carbocycles. The molecule has 2 aliphatic rings. The number of likely N-dealkylation sites (tertiary alicyclic amines) is 1. The predicted octanol–water partition coefficient (Wildman–Crippen LogP) is 1.70. The van der Waals surface area contributed by atoms with Crippen LogP contribution < -0.4 is 0 Å². The molecule has 1 amide bonds. The van der Waals surface area contributed by atoms with Gasteiger partial charge in [-0.15, -0.1) is 0 Å². The summed E-state index contributed by atoms with van der Waals surface area (Å²) in [7, 11) is -2.66. The van der Waals surface area contributed by atoms with Gasteiger partial charge in [-0.25, -0.2) is 9.59 Å². The molecule has 0 radical (unpaired) electrons. The number of carbonyl (C=O) groups is 2. The minimum absolute atomic E-state index is 0.204. The molecule has 25 heavy (non-hydrogen) atoms. The Morgan fingerprint density at radius 2 is 1.92 bits per heavy atom. The fourth-order valence-electron chi connectivity index (χ4n) is 4.11. The maximum absolute atomic E-state index is 12.3. The lowest BCUT2D eigenvalue weighted by atomic mass is 9.68. The van der Waals surface area contributed by atoms with Gasteiger partial charge in [0.1, 0.15) is 6.04 Å². The fraction of sp³-hybridized carbons (Fsp3) is 0.875. The average Bonchev–Trinajstić information content (AvgIpc) is 2.57. The number of ether oxygens (including phenoxy) is 2. The summed E-state index contributed by atoms with van der Waals surface area (Å²) in [5.41, 5.74) is 0. The van der Waals surface area contributed by atoms with Crippen molar-refractivity contribution in [2.45, 2.75) is 45.1 Å². The molecule has 1 aliphatic heterocycles. The minimum Gasteiger partial charge on any atom is -0.464 e. The van der Waals surface area contributed by atoms with Gasteiger partial charge in [0.15, 0.2) is 0 Å². The summed E-state index contributed by atoms with van der Waals surface area (Å²) in [6, 6.07) is -0.658. The molecule has 1 heterocycles. The summed E-state index contributed by atoms with van der Waals surface area (Å²) in [6.45, 7) is 2.42. The first-order valence-electron chi connectivity index (χ1n) is 8.71. The van der Waals surface area contributed by atoms with E-state index in [0.29, 0.717) is 19.4 Å². The average molecular weight is 377 g/mol. The quantitative estimate of drug-likeness (QED) is 0.573. The second-order valence-corrected chi connectivity index (χ2v) is 8.47. The zero-order valence-electron chi connectivity index (χ0n) is 14.7. The summed E-state index contributed by atoms with van der Waals surface area (Å²) in [5.74, 6) is 0.0503. The lowest BCUT2D eigenvalue weighted by Crippen LogP contribution is -2.55. The molecule has 144 valence electrons. The summed E-state index contributed by atoms with van der Waals surface area (Å²) in [6.07, 6.45) is 2.92. The van der Waals surface area contributed by atoms with Gasteiger partial charge in [-0.1, -0.05) is 6.42 Å². The van der Waals surface area contributed by atoms with Crippen LogP contribution in [-0.4, -0.2) is 62.0 Å². The highest BCUT2D eigenvalue weighted by atomic mass is 32.2. The lowest BCUT2D eigenvalue weighted by molar-refractivity contribution is -0.152. The van der Waals surface area contributed by atoms with Crippen molar-refractivity contribution in [3.63, 3.8) is 0 Å². The highest BCUT2D eigenvalue weighted by Gasteiger charge is 2.44. The first kappa shape index (κ1) is 20.0. The van der Waals surface area contributed by atoms with Crippen LogP contribution in [0.15, 0.2) is 0 Å². The molecule has 4 atom stereocenters. The van der Waals surface area contributed by atoms with Gasteiger partial charge in [-0.05, 0) is 50.4 Å². The van der Waals surface area contributed by atoms with Crippen LogP contribution in [0.4, 0.5) is 4.79 Å². The topological polar surface area (TPSA) is 110 Å². The zero-order valence-corrected chi connectivity index (χ0v) is 15.5. The van der Waals surface area contributed by atoms with Gasteiger partial charge in [0.25, 0.3) is 10.1 Å². The Balaban J connectivity index is 2.05. The number of hydrogen-bond donors (Lipinski definition) is 1. The van der Waals surface area contributed by atoms with Crippen molar-refractivity contribution in [2.75, 3.05) is 26.0 Å². The number of esters is 1. The number of piperidine rings is 1. The van der Waals surface area contributed by atoms with Gasteiger partial charge >= 0.3 is 12.1 Å². The number of fused-ring (bicyclic) bond motifs is 1. The molecule has 1 saturated carbocycles. The number of methoxy groups -OCH3 is 1. The highest BCUT2D eigenvalue weighted by Crippen LogP contribution is 2.42. The van der Waals surface area contributed by atoms with Crippen molar-refractivity contribution in [1.82, 2.24) is 4.90 Å². The van der Waals surface area contributed by atoms with Crippen LogP contribution in [0.5, 0.6) is 0 Å². The van der Waals surface area contributed by atoms with E-state index in [1.165, 1.54) is 12.0 Å². The van der Waals surface area contributed by atoms with Gasteiger partial charge in [0.05, 0.1) is 19.5 Å². The van der Waals surface area contributed by atoms with Crippen LogP contribution in [0.25, 0.3) is 0 Å². The van der Waals surface area contributed by atoms with E-state index in [-0.39, 0.29) is 30.1 Å². The maximum atomic E-state index is 12.3. The lowest BCUT2D eigenvalue weighted by Gasteiger charge is -2.46. The third kappa shape index (κ3) is 5.31. The van der Waals surface area contributed by atoms with E-state index in [2.05, 4.69) is 0 Å². The van der Waals surface area contributed by atoms with Crippen LogP contribution in [0.2, 0.25) is 0 Å². The molecule has 8 nitrogen and oxygen atoms in total. The Labute approximate surface area is 148 Å². The molecule has 1 N–H and O–H groups in total. The van der Waals surface area contributed by atoms with E-state index in [4.69, 9.17) is 14.0 Å². The molecule has 0 spiro atoms. The van der Waals surface area contributed by atoms with Gasteiger partial charge in [0.2, 0.25) is 0 Å². The molecule has 0 aromatic rings. The first-order valence-corrected chi connectivity index (χ1v) is 10.3. The molecule has 1 saturated heterocycles. The standard InChI is InChI=1S/C16H27NO7S/c1-3-24-15(18)14-9-13-8-11(6-7-25(20,21)22)4-5-12(13)10-17(14)16(19)23-2/h11-14H,3-10H2,1-2H3,(H,20,21,22)/t11-,12+,13-,14+/m1/s1. The number of amides is 1. The summed E-state index contributed by atoms with van der Waals surface area (Å²) in [4.78, 5) is 25.8. The third-order valence-corrected chi connectivity index (χ3v) is 6.09. The molecule has 0 aromatic heterocycles. The molecule has 0 bridgehead atoms. The van der Waals surface area contributed by atoms with Crippen molar-refractivity contribution in [1.29, 1.82) is 0 Å². The van der Waals surface area contributed by atoms with Crippen LogP contribution >= 0.6 is 0 Å². The maximum Gasteiger partial charge on any atom is 0.410 e. The van der Waals surface area contributed by atoms with Crippen molar-refractivity contribution >= 4 is 22.2 Å². The summed E-state index contributed by atoms with van der Waals surface area (Å²) >= 11 is 0. The van der Waals surface area contributed by atoms with Crippen molar-refractivity contribution < 1.29 is 32.0 Å². The number of rotatable bonds is 5. The van der Waals surface area contributed by atoms with E-state index < -0.39 is 28.2 Å². The van der Waals surface area contributed by atoms with Gasteiger partial charge in [-0.3, -0.25) is 9.45 Å². The van der Waals surface area contributed by atoms with Crippen molar-refractivity contribution in [2.24, 2.45) is 17.8 Å². The Hall–Kier alpha value is -1.35. The van der Waals surface area contributed by atoms with E-state index in [1.807, 2.05) is 0 Å². The summed E-state index contributed by atoms with van der Waals surface area (Å²) in [5, 5.41) is 0. The Morgan fingerprint density at radius 3 is 2.52 bits per heavy atom. The largest absolute Gasteiger partial charge is 0.464 e. The van der Waals surface area contributed by atoms with E-state index in [9.17, 15) is 18.0 Å². The number of hydrogen-bond acceptors (Lipinski definition) is 6. The smallest absolute Gasteiger partial charge is 0.410 e. The molecule has 2 fully saturated rings. The Kier molecular flexibility index (Phi) is 6.67. The van der Waals surface area contributed by atoms with Gasteiger partial charge in [-0.2, -0.15) is 8.42 Å². The molecule has 1 aliphatic carbocycles. The highest BCUT2D eigenvalue weighted by molar-refractivity contribution is 7.85. The molecular formula is C16H27NO7S. The molecular weight excluding hydrogens is 350 g/mol. The molecule has 0 unspecified atom stereocenters. The Bertz CT molecular complexity index is 591. The van der Waals surface area contributed by atoms with Crippen LogP contribution in [-0.2, 0) is 24.4 Å².